The van der Waals surface area contributed by atoms with Gasteiger partial charge in [-0.15, -0.1) is 191 Å². The standard InChI is InChI=1S/C47H36N4.C28H21N4.C24H18N.C18H12N.C11H8N.C5H8O2.3Ir.Pt/c1-46(2)37-19-11-15-32-25-33-16-12-20-38-44(33)51(43(32)37)45-39(46)28-36(29-40(45)47(38,3)4)50(34-17-9-13-30(26-34)41-21-5-7-23-48-41)35-18-10-14-31(27-35)42-22-6-8-24-49-42;1-19-6-10-22(11-7-19)26-30-27(23-12-8-20(2)9-13-23)32-28(31-26)24-16-14-21(15-17-24)25-5-3-4-18-29-25;1-24(2)20-9-5-4-8-18(20)19-13-11-17(15-21(19)24)23-14-12-16-7-3-6-10-22(16)25-23;1-2-6-13(7-3-1)18-11-15-10-14-8-4-5-9-16(14)17(15)12-19-18;1-2-6-10(7-3-1)11-8-4-5-9-12-11;1-4(6)3-5(2)7;;;;/h5-24,28-29H,25H2,1-4H3;3-14,16-18H,1-2H3;3-10,12-15H,1-2H3;1-6,8-9,11-12H,10H2;1-6,8-9H;3,6H,1-2H3;;;;/q-2;4*-1;;;;;+2. The van der Waals surface area contributed by atoms with Crippen molar-refractivity contribution in [3.63, 3.8) is 0 Å². The second-order valence-electron chi connectivity index (χ2n) is 38.6. The molecule has 743 valence electrons. The molecule has 10 heterocycles. The molecule has 21 aromatic rings. The van der Waals surface area contributed by atoms with Crippen LogP contribution in [0.3, 0.4) is 0 Å². The quantitative estimate of drug-likeness (QED) is 0.0661. The molecule has 14 aromatic carbocycles. The van der Waals surface area contributed by atoms with Crippen molar-refractivity contribution in [2.24, 2.45) is 0 Å². The van der Waals surface area contributed by atoms with Crippen LogP contribution in [-0.2, 0) is 115 Å². The molecule has 0 bridgehead atoms. The molecule has 2 aliphatic carbocycles. The SMILES string of the molecule is CC(=O)C=C(C)O.CC1(C)c2cccc3c2N2c4c(cccc4C(C)(C)c4cc(N(c5[c-]c(-c6ccccn6)ccc5)c5[c-]c(-c6ccccn6)ccc5)cc1c42)C3.CC1(C)c2ccccc2-c2c[c-]c(-c3ccc4ccccc4n3)cc21.Cc1ccc(-c2nc(-c3c[c-]c(-c4ccccn4)cc3)nc(-c3ccc(C)cc3)n2)cc1.[Ir].[Ir].[Ir].[Pt+2].[c-]1ccccc1-c1cc2c(cn1)-c1ccccc1C2.[c-]1ccccc1-c1ccccn1. The molecule has 3 aliphatic heterocycles. The summed E-state index contributed by atoms with van der Waals surface area (Å²) >= 11 is 0. The summed E-state index contributed by atoms with van der Waals surface area (Å²) in [5.74, 6) is 1.86. The summed E-state index contributed by atoms with van der Waals surface area (Å²) in [6.07, 6.45) is 12.4. The van der Waals surface area contributed by atoms with Gasteiger partial charge < -0.3 is 39.8 Å². The van der Waals surface area contributed by atoms with Crippen molar-refractivity contribution in [2.75, 3.05) is 9.80 Å². The number of allylic oxidation sites excluding steroid dienone is 2. The smallest absolute Gasteiger partial charge is 0.512 e. The number of carbonyl (C=O) groups excluding carboxylic acids is 1. The van der Waals surface area contributed by atoms with E-state index in [1.165, 1.54) is 131 Å². The number of fused-ring (bicyclic) bond motifs is 7. The Labute approximate surface area is 932 Å². The number of rotatable bonds is 13. The van der Waals surface area contributed by atoms with Crippen LogP contribution in [0.1, 0.15) is 122 Å². The molecule has 0 fully saturated rings. The first-order valence-electron chi connectivity index (χ1n) is 49.2. The molecule has 13 nitrogen and oxygen atoms in total. The number of benzene rings is 14. The topological polar surface area (TPSA) is 160 Å². The number of carbonyl (C=O) groups is 1. The number of anilines is 6. The van der Waals surface area contributed by atoms with E-state index in [0.717, 1.165) is 120 Å². The Balaban J connectivity index is 0.000000133. The van der Waals surface area contributed by atoms with Gasteiger partial charge >= 0.3 is 21.1 Å². The zero-order valence-corrected chi connectivity index (χ0v) is 93.7. The van der Waals surface area contributed by atoms with Crippen molar-refractivity contribution in [3.8, 4) is 124 Å². The van der Waals surface area contributed by atoms with Gasteiger partial charge in [0.15, 0.2) is 17.4 Å². The average molecular weight is 2660 g/mol. The van der Waals surface area contributed by atoms with E-state index in [2.05, 4.69) is 333 Å². The zero-order chi connectivity index (χ0) is 100. The van der Waals surface area contributed by atoms with Crippen LogP contribution in [0.4, 0.5) is 34.1 Å². The van der Waals surface area contributed by atoms with Gasteiger partial charge in [-0.05, 0) is 189 Å². The number of aryl methyl sites for hydroxylation is 2. The summed E-state index contributed by atoms with van der Waals surface area (Å²) in [4.78, 5) is 56.7. The van der Waals surface area contributed by atoms with Crippen LogP contribution in [0.25, 0.3) is 135 Å². The van der Waals surface area contributed by atoms with Gasteiger partial charge in [-0.25, -0.2) is 15.0 Å². The Morgan fingerprint density at radius 1 is 0.340 bits per heavy atom. The van der Waals surface area contributed by atoms with E-state index >= 15 is 0 Å². The molecule has 0 amide bonds. The van der Waals surface area contributed by atoms with E-state index in [1.54, 1.807) is 12.4 Å². The van der Waals surface area contributed by atoms with E-state index < -0.39 is 0 Å². The Hall–Kier alpha value is -15.3. The molecule has 5 aliphatic rings. The van der Waals surface area contributed by atoms with Gasteiger partial charge in [0.25, 0.3) is 0 Å². The van der Waals surface area contributed by atoms with E-state index in [1.807, 2.05) is 188 Å². The minimum atomic E-state index is -0.244. The van der Waals surface area contributed by atoms with Crippen molar-refractivity contribution in [3.05, 3.63) is 522 Å². The van der Waals surface area contributed by atoms with Crippen LogP contribution in [-0.4, -0.2) is 55.7 Å². The predicted molar refractivity (Wildman–Crippen MR) is 591 cm³/mol. The predicted octanol–water partition coefficient (Wildman–Crippen LogP) is 31.6. The molecule has 0 saturated carbocycles. The molecule has 17 heteroatoms. The number of aliphatic hydroxyl groups excluding tert-OH is 1. The van der Waals surface area contributed by atoms with Gasteiger partial charge in [0.1, 0.15) is 5.82 Å². The Morgan fingerprint density at radius 3 is 1.29 bits per heavy atom. The number of nitrogens with zero attached hydrogens (tertiary/aromatic N) is 11. The molecule has 0 spiro atoms. The summed E-state index contributed by atoms with van der Waals surface area (Å²) in [6, 6.07) is 150. The van der Waals surface area contributed by atoms with Gasteiger partial charge in [0.2, 0.25) is 0 Å². The van der Waals surface area contributed by atoms with E-state index in [-0.39, 0.29) is 109 Å². The first kappa shape index (κ1) is 106. The molecule has 1 N–H and O–H groups in total. The first-order chi connectivity index (χ1) is 71.1. The second kappa shape index (κ2) is 46.2. The van der Waals surface area contributed by atoms with Gasteiger partial charge in [-0.2, -0.15) is 0 Å². The Kier molecular flexibility index (Phi) is 32.7. The fraction of sp³-hybridized carbons (Fsp3) is 0.113. The molecule has 0 saturated heterocycles. The average Bonchev–Trinajstić information content (AvgIpc) is 0.923. The molecule has 0 atom stereocenters. The Bertz CT molecular complexity index is 8190. The maximum absolute atomic E-state index is 10.0. The van der Waals surface area contributed by atoms with E-state index in [9.17, 15) is 4.79 Å². The van der Waals surface area contributed by atoms with Gasteiger partial charge in [0.05, 0.1) is 28.3 Å². The van der Waals surface area contributed by atoms with Gasteiger partial charge in [-0.3, -0.25) is 9.78 Å². The minimum absolute atomic E-state index is 0. The molecular weight excluding hydrogens is 2560 g/mol. The molecule has 0 unspecified atom stereocenters. The largest absolute Gasteiger partial charge is 2.00 e. The summed E-state index contributed by atoms with van der Waals surface area (Å²) in [6.45, 7) is 21.2. The van der Waals surface area contributed by atoms with Crippen molar-refractivity contribution in [1.82, 2.24) is 44.9 Å². The molecule has 3 radical (unpaired) electrons. The van der Waals surface area contributed by atoms with Crippen LogP contribution in [0, 0.1) is 50.2 Å². The molecule has 7 aromatic heterocycles. The molecular formula is C133H103Ir3N11O2Pt-4. The van der Waals surface area contributed by atoms with Crippen LogP contribution >= 0.6 is 0 Å². The van der Waals surface area contributed by atoms with Crippen LogP contribution in [0.5, 0.6) is 0 Å². The van der Waals surface area contributed by atoms with Crippen molar-refractivity contribution < 1.29 is 91.3 Å². The van der Waals surface area contributed by atoms with E-state index in [0.29, 0.717) is 17.5 Å². The maximum atomic E-state index is 10.0. The Morgan fingerprint density at radius 2 is 0.780 bits per heavy atom. The number of hydrogen-bond donors (Lipinski definition) is 1. The van der Waals surface area contributed by atoms with Crippen molar-refractivity contribution in [1.29, 1.82) is 0 Å². The van der Waals surface area contributed by atoms with Crippen LogP contribution in [0.2, 0.25) is 0 Å². The number of ketones is 1. The van der Waals surface area contributed by atoms with E-state index in [4.69, 9.17) is 25.0 Å². The summed E-state index contributed by atoms with van der Waals surface area (Å²) in [5, 5.41) is 9.53. The fourth-order valence-corrected chi connectivity index (χ4v) is 20.2. The van der Waals surface area contributed by atoms with Crippen LogP contribution < -0.4 is 9.80 Å². The van der Waals surface area contributed by atoms with Crippen molar-refractivity contribution >= 4 is 50.8 Å². The number of aromatic nitrogens is 9. The summed E-state index contributed by atoms with van der Waals surface area (Å²) < 4.78 is 0. The molecule has 150 heavy (non-hydrogen) atoms. The summed E-state index contributed by atoms with van der Waals surface area (Å²) in [7, 11) is 0. The third kappa shape index (κ3) is 22.1. The van der Waals surface area contributed by atoms with Crippen LogP contribution in [0.15, 0.2) is 419 Å². The normalized spacial score (nSPS) is 12.7. The fourth-order valence-electron chi connectivity index (χ4n) is 20.2. The molecule has 26 rings (SSSR count). The van der Waals surface area contributed by atoms with Crippen molar-refractivity contribution in [2.45, 2.75) is 98.3 Å². The first-order valence-corrected chi connectivity index (χ1v) is 49.2. The monoisotopic (exact) mass is 2660 g/mol. The summed E-state index contributed by atoms with van der Waals surface area (Å²) in [5.41, 5.74) is 43.2. The minimum Gasteiger partial charge on any atom is -0.512 e. The number of aliphatic hydroxyl groups is 1. The number of hydrogen-bond acceptors (Lipinski definition) is 13. The van der Waals surface area contributed by atoms with Gasteiger partial charge in [-0.1, -0.05) is 288 Å². The number of pyridine rings is 6. The third-order valence-corrected chi connectivity index (χ3v) is 27.6. The zero-order valence-electron chi connectivity index (χ0n) is 84.3. The number of para-hydroxylation sites is 3. The van der Waals surface area contributed by atoms with Gasteiger partial charge in [0, 0.05) is 137 Å². The maximum Gasteiger partial charge on any atom is 2.00 e. The second-order valence-corrected chi connectivity index (χ2v) is 38.6. The third-order valence-electron chi connectivity index (χ3n) is 27.6.